The number of nitrogens with zero attached hydrogens (tertiary/aromatic N) is 3. The van der Waals surface area contributed by atoms with Gasteiger partial charge >= 0.3 is 0 Å². The molecule has 1 heterocycles. The van der Waals surface area contributed by atoms with Gasteiger partial charge in [-0.25, -0.2) is 0 Å². The van der Waals surface area contributed by atoms with Gasteiger partial charge in [-0.2, -0.15) is 0 Å². The number of nitrogens with one attached hydrogen (secondary N) is 2. The van der Waals surface area contributed by atoms with Gasteiger partial charge < -0.3 is 0 Å². The second-order valence-corrected chi connectivity index (χ2v) is 8.56. The molecule has 0 atom stereocenters. The number of aromatic nitrogens is 3. The van der Waals surface area contributed by atoms with E-state index in [4.69, 9.17) is 0 Å². The second-order valence-electron chi connectivity index (χ2n) is 7.62. The predicted molar refractivity (Wildman–Crippen MR) is 132 cm³/mol. The van der Waals surface area contributed by atoms with Gasteiger partial charge in [0.1, 0.15) is 0 Å². The molecule has 0 unspecified atom stereocenters. The zero-order valence-electron chi connectivity index (χ0n) is 17.9. The number of benzene rings is 3. The summed E-state index contributed by atoms with van der Waals surface area (Å²) in [5.74, 6) is 0.821. The van der Waals surface area contributed by atoms with Crippen LogP contribution in [0.4, 0.5) is 0 Å². The number of aryl methyl sites for hydroxylation is 1. The van der Waals surface area contributed by atoms with E-state index in [2.05, 4.69) is 39.3 Å². The van der Waals surface area contributed by atoms with Crippen LogP contribution < -0.4 is 10.9 Å². The topological polar surface area (TPSA) is 71.8 Å². The molecule has 1 aromatic heterocycles. The van der Waals surface area contributed by atoms with Crippen LogP contribution >= 0.6 is 11.8 Å². The first-order chi connectivity index (χ1) is 16.3. The fourth-order valence-corrected chi connectivity index (χ4v) is 4.60. The third kappa shape index (κ3) is 4.68. The van der Waals surface area contributed by atoms with Crippen LogP contribution in [0.15, 0.2) is 96.2 Å². The van der Waals surface area contributed by atoms with E-state index in [9.17, 15) is 4.79 Å². The third-order valence-corrected chi connectivity index (χ3v) is 6.35. The number of rotatable bonds is 7. The van der Waals surface area contributed by atoms with Crippen molar-refractivity contribution in [2.24, 2.45) is 0 Å². The van der Waals surface area contributed by atoms with Crippen molar-refractivity contribution in [3.63, 3.8) is 0 Å². The lowest BCUT2D eigenvalue weighted by Gasteiger charge is -2.19. The van der Waals surface area contributed by atoms with Crippen LogP contribution in [0, 0.1) is 0 Å². The van der Waals surface area contributed by atoms with Crippen LogP contribution in [-0.4, -0.2) is 26.4 Å². The minimum atomic E-state index is -0.132. The summed E-state index contributed by atoms with van der Waals surface area (Å²) in [4.78, 5) is 12.6. The second kappa shape index (κ2) is 9.75. The summed E-state index contributed by atoms with van der Waals surface area (Å²) >= 11 is 1.36. The van der Waals surface area contributed by atoms with Gasteiger partial charge in [-0.1, -0.05) is 90.6 Å². The number of hydrogen-bond acceptors (Lipinski definition) is 5. The van der Waals surface area contributed by atoms with Crippen molar-refractivity contribution in [3.8, 4) is 17.1 Å². The lowest BCUT2D eigenvalue weighted by molar-refractivity contribution is -0.119. The first-order valence-electron chi connectivity index (χ1n) is 10.8. The SMILES string of the molecule is O=C(CSc1nnc(-c2ccccc2)n1-c1ccccc1)NNC1=CCCc2ccccc21. The van der Waals surface area contributed by atoms with E-state index in [1.807, 2.05) is 77.4 Å². The summed E-state index contributed by atoms with van der Waals surface area (Å²) in [6, 6.07) is 28.1. The van der Waals surface area contributed by atoms with E-state index in [0.717, 1.165) is 41.2 Å². The summed E-state index contributed by atoms with van der Waals surface area (Å²) < 4.78 is 1.99. The highest BCUT2D eigenvalue weighted by Crippen LogP contribution is 2.28. The average Bonchev–Trinajstić information content (AvgIpc) is 3.31. The van der Waals surface area contributed by atoms with Crippen LogP contribution in [0.3, 0.4) is 0 Å². The Balaban J connectivity index is 1.29. The van der Waals surface area contributed by atoms with Crippen LogP contribution in [0.25, 0.3) is 22.8 Å². The molecule has 0 aliphatic heterocycles. The maximum atomic E-state index is 12.6. The molecule has 1 aliphatic rings. The fraction of sp³-hybridized carbons (Fsp3) is 0.115. The van der Waals surface area contributed by atoms with Crippen LogP contribution in [0.5, 0.6) is 0 Å². The molecule has 2 N–H and O–H groups in total. The molecule has 0 saturated heterocycles. The van der Waals surface area contributed by atoms with Crippen molar-refractivity contribution in [2.75, 3.05) is 5.75 Å². The maximum Gasteiger partial charge on any atom is 0.248 e. The quantitative estimate of drug-likeness (QED) is 0.315. The minimum Gasteiger partial charge on any atom is -0.298 e. The molecule has 0 spiro atoms. The van der Waals surface area contributed by atoms with Gasteiger partial charge in [0.2, 0.25) is 5.91 Å². The van der Waals surface area contributed by atoms with Gasteiger partial charge in [-0.3, -0.25) is 20.2 Å². The Morgan fingerprint density at radius 3 is 2.45 bits per heavy atom. The Morgan fingerprint density at radius 1 is 0.909 bits per heavy atom. The van der Waals surface area contributed by atoms with Gasteiger partial charge in [-0.05, 0) is 30.5 Å². The zero-order chi connectivity index (χ0) is 22.5. The third-order valence-electron chi connectivity index (χ3n) is 5.42. The van der Waals surface area contributed by atoms with Crippen molar-refractivity contribution in [1.29, 1.82) is 0 Å². The number of fused-ring (bicyclic) bond motifs is 1. The number of hydrogen-bond donors (Lipinski definition) is 2. The maximum absolute atomic E-state index is 12.6. The predicted octanol–water partition coefficient (Wildman–Crippen LogP) is 4.63. The number of hydrazine groups is 1. The van der Waals surface area contributed by atoms with Gasteiger partial charge in [0, 0.05) is 16.8 Å². The van der Waals surface area contributed by atoms with E-state index < -0.39 is 0 Å². The van der Waals surface area contributed by atoms with E-state index in [1.54, 1.807) is 0 Å². The molecule has 1 amide bonds. The van der Waals surface area contributed by atoms with Crippen LogP contribution in [0.1, 0.15) is 17.5 Å². The Kier molecular flexibility index (Phi) is 6.21. The first-order valence-corrected chi connectivity index (χ1v) is 11.8. The number of thioether (sulfide) groups is 1. The molecule has 0 saturated carbocycles. The molecule has 0 radical (unpaired) electrons. The molecule has 5 rings (SSSR count). The highest BCUT2D eigenvalue weighted by molar-refractivity contribution is 7.99. The monoisotopic (exact) mass is 453 g/mol. The summed E-state index contributed by atoms with van der Waals surface area (Å²) in [5.41, 5.74) is 11.2. The highest BCUT2D eigenvalue weighted by atomic mass is 32.2. The Labute approximate surface area is 196 Å². The van der Waals surface area contributed by atoms with Gasteiger partial charge in [0.25, 0.3) is 0 Å². The molecule has 0 bridgehead atoms. The average molecular weight is 454 g/mol. The van der Waals surface area contributed by atoms with E-state index in [-0.39, 0.29) is 11.7 Å². The number of allylic oxidation sites excluding steroid dienone is 1. The molecule has 164 valence electrons. The number of amides is 1. The standard InChI is InChI=1S/C26H23N5OS/c32-24(28-27-23-17-9-13-19-10-7-8-16-22(19)23)18-33-26-30-29-25(20-11-3-1-4-12-20)31(26)21-14-5-2-6-15-21/h1-8,10-12,14-17,27H,9,13,18H2,(H,28,32). The molecule has 1 aliphatic carbocycles. The molecule has 0 fully saturated rings. The summed E-state index contributed by atoms with van der Waals surface area (Å²) in [7, 11) is 0. The largest absolute Gasteiger partial charge is 0.298 e. The molecule has 6 nitrogen and oxygen atoms in total. The summed E-state index contributed by atoms with van der Waals surface area (Å²) in [5, 5.41) is 9.47. The molecule has 33 heavy (non-hydrogen) atoms. The lowest BCUT2D eigenvalue weighted by atomic mass is 9.95. The Bertz CT molecular complexity index is 1280. The van der Waals surface area contributed by atoms with Crippen molar-refractivity contribution < 1.29 is 4.79 Å². The number of carbonyl (C=O) groups is 1. The molecular weight excluding hydrogens is 430 g/mol. The summed E-state index contributed by atoms with van der Waals surface area (Å²) in [6.45, 7) is 0. The van der Waals surface area contributed by atoms with E-state index in [1.165, 1.54) is 17.3 Å². The van der Waals surface area contributed by atoms with Crippen molar-refractivity contribution in [2.45, 2.75) is 18.0 Å². The van der Waals surface area contributed by atoms with Crippen molar-refractivity contribution in [1.82, 2.24) is 25.6 Å². The molecular formula is C26H23N5OS. The first kappa shape index (κ1) is 21.0. The highest BCUT2D eigenvalue weighted by Gasteiger charge is 2.17. The lowest BCUT2D eigenvalue weighted by Crippen LogP contribution is -2.38. The number of carbonyl (C=O) groups excluding carboxylic acids is 1. The van der Waals surface area contributed by atoms with Gasteiger partial charge in [0.05, 0.1) is 11.4 Å². The number of para-hydroxylation sites is 1. The van der Waals surface area contributed by atoms with E-state index in [0.29, 0.717) is 5.16 Å². The van der Waals surface area contributed by atoms with Gasteiger partial charge in [0.15, 0.2) is 11.0 Å². The Morgan fingerprint density at radius 2 is 1.64 bits per heavy atom. The van der Waals surface area contributed by atoms with Gasteiger partial charge in [-0.15, -0.1) is 10.2 Å². The molecule has 4 aromatic rings. The van der Waals surface area contributed by atoms with Crippen molar-refractivity contribution in [3.05, 3.63) is 102 Å². The molecule has 3 aromatic carbocycles. The zero-order valence-corrected chi connectivity index (χ0v) is 18.8. The van der Waals surface area contributed by atoms with Crippen LogP contribution in [0.2, 0.25) is 0 Å². The normalized spacial score (nSPS) is 12.5. The Hall–Kier alpha value is -3.84. The smallest absolute Gasteiger partial charge is 0.248 e. The van der Waals surface area contributed by atoms with Crippen LogP contribution in [-0.2, 0) is 11.2 Å². The fourth-order valence-electron chi connectivity index (χ4n) is 3.85. The molecule has 7 heteroatoms. The van der Waals surface area contributed by atoms with Crippen molar-refractivity contribution >= 4 is 23.4 Å². The van der Waals surface area contributed by atoms with E-state index >= 15 is 0 Å². The minimum absolute atomic E-state index is 0.132. The summed E-state index contributed by atoms with van der Waals surface area (Å²) in [6.07, 6.45) is 4.09.